The lowest BCUT2D eigenvalue weighted by atomic mass is 9.94. The first-order chi connectivity index (χ1) is 8.95. The first-order valence-electron chi connectivity index (χ1n) is 6.29. The van der Waals surface area contributed by atoms with Crippen LogP contribution < -0.4 is 10.0 Å². The van der Waals surface area contributed by atoms with Crippen molar-refractivity contribution in [2.45, 2.75) is 36.1 Å². The van der Waals surface area contributed by atoms with Crippen molar-refractivity contribution in [3.05, 3.63) is 17.0 Å². The van der Waals surface area contributed by atoms with Gasteiger partial charge in [0.25, 0.3) is 10.0 Å². The Hall–Kier alpha value is -0.470. The van der Waals surface area contributed by atoms with Crippen LogP contribution in [0.15, 0.2) is 15.7 Å². The first kappa shape index (κ1) is 14.9. The molecular weight excluding hydrogens is 284 g/mol. The van der Waals surface area contributed by atoms with Gasteiger partial charge in [-0.3, -0.25) is 0 Å². The van der Waals surface area contributed by atoms with Crippen LogP contribution in [0.2, 0.25) is 0 Å². The van der Waals surface area contributed by atoms with Crippen molar-refractivity contribution in [1.82, 2.24) is 10.0 Å². The van der Waals surface area contributed by atoms with Crippen LogP contribution in [-0.4, -0.2) is 34.2 Å². The van der Waals surface area contributed by atoms with Crippen LogP contribution in [0, 0.1) is 0 Å². The molecule has 0 saturated carbocycles. The molecule has 1 aliphatic rings. The Morgan fingerprint density at radius 1 is 1.42 bits per heavy atom. The predicted molar refractivity (Wildman–Crippen MR) is 75.9 cm³/mol. The third kappa shape index (κ3) is 3.76. The summed E-state index contributed by atoms with van der Waals surface area (Å²) >= 11 is 1.26. The predicted octanol–water partition coefficient (Wildman–Crippen LogP) is 1.31. The van der Waals surface area contributed by atoms with Gasteiger partial charge in [-0.05, 0) is 43.8 Å². The van der Waals surface area contributed by atoms with Gasteiger partial charge in [0.15, 0.2) is 0 Å². The summed E-state index contributed by atoms with van der Waals surface area (Å²) in [4.78, 5) is 0. The molecule has 0 bridgehead atoms. The van der Waals surface area contributed by atoms with E-state index >= 15 is 0 Å². The zero-order valence-electron chi connectivity index (χ0n) is 11.2. The maximum absolute atomic E-state index is 12.4. The Bertz CT molecular complexity index is 519. The lowest BCUT2D eigenvalue weighted by Crippen LogP contribution is -2.49. The lowest BCUT2D eigenvalue weighted by Gasteiger charge is -2.33. The average Bonchev–Trinajstić information content (AvgIpc) is 2.78. The first-order valence-corrected chi connectivity index (χ1v) is 8.65. The minimum atomic E-state index is -3.43. The second kappa shape index (κ2) is 5.88. The fourth-order valence-corrected chi connectivity index (χ4v) is 4.76. The van der Waals surface area contributed by atoms with Gasteiger partial charge in [0, 0.05) is 25.3 Å². The van der Waals surface area contributed by atoms with Gasteiger partial charge in [-0.25, -0.2) is 13.1 Å². The maximum atomic E-state index is 12.4. The molecule has 1 aromatic rings. The highest BCUT2D eigenvalue weighted by Crippen LogP contribution is 2.26. The SMILES string of the molecule is CNCc1csc(S(=O)(=O)NC2(C)CCOCC2)c1. The summed E-state index contributed by atoms with van der Waals surface area (Å²) in [7, 11) is -1.59. The summed E-state index contributed by atoms with van der Waals surface area (Å²) in [5.41, 5.74) is 0.592. The molecule has 2 rings (SSSR count). The largest absolute Gasteiger partial charge is 0.381 e. The van der Waals surface area contributed by atoms with E-state index in [0.29, 0.717) is 36.8 Å². The number of rotatable bonds is 5. The molecule has 2 heterocycles. The molecule has 108 valence electrons. The number of sulfonamides is 1. The Kier molecular flexibility index (Phi) is 4.62. The molecule has 1 fully saturated rings. The van der Waals surface area contributed by atoms with Gasteiger partial charge in [-0.1, -0.05) is 0 Å². The number of hydrogen-bond acceptors (Lipinski definition) is 5. The van der Waals surface area contributed by atoms with Gasteiger partial charge in [-0.15, -0.1) is 11.3 Å². The van der Waals surface area contributed by atoms with Gasteiger partial charge in [0.05, 0.1) is 0 Å². The fourth-order valence-electron chi connectivity index (χ4n) is 2.09. The number of hydrogen-bond donors (Lipinski definition) is 2. The molecule has 0 atom stereocenters. The highest BCUT2D eigenvalue weighted by Gasteiger charge is 2.33. The van der Waals surface area contributed by atoms with Crippen LogP contribution in [0.3, 0.4) is 0 Å². The smallest absolute Gasteiger partial charge is 0.250 e. The Labute approximate surface area is 118 Å². The molecule has 1 saturated heterocycles. The molecule has 5 nitrogen and oxygen atoms in total. The van der Waals surface area contributed by atoms with Gasteiger partial charge in [0.2, 0.25) is 0 Å². The highest BCUT2D eigenvalue weighted by atomic mass is 32.2. The molecule has 2 N–H and O–H groups in total. The zero-order valence-corrected chi connectivity index (χ0v) is 12.9. The lowest BCUT2D eigenvalue weighted by molar-refractivity contribution is 0.0538. The van der Waals surface area contributed by atoms with E-state index in [1.54, 1.807) is 6.07 Å². The van der Waals surface area contributed by atoms with Crippen molar-refractivity contribution in [3.8, 4) is 0 Å². The molecule has 0 aromatic carbocycles. The van der Waals surface area contributed by atoms with Gasteiger partial charge < -0.3 is 10.1 Å². The molecule has 0 spiro atoms. The summed E-state index contributed by atoms with van der Waals surface area (Å²) in [6.07, 6.45) is 1.42. The van der Waals surface area contributed by atoms with E-state index in [1.807, 2.05) is 19.4 Å². The van der Waals surface area contributed by atoms with E-state index in [-0.39, 0.29) is 0 Å². The van der Waals surface area contributed by atoms with Crippen molar-refractivity contribution in [2.24, 2.45) is 0 Å². The minimum Gasteiger partial charge on any atom is -0.381 e. The number of thiophene rings is 1. The van der Waals surface area contributed by atoms with E-state index in [1.165, 1.54) is 11.3 Å². The molecule has 1 aromatic heterocycles. The molecular formula is C12H20N2O3S2. The molecule has 1 aliphatic heterocycles. The van der Waals surface area contributed by atoms with Gasteiger partial charge >= 0.3 is 0 Å². The van der Waals surface area contributed by atoms with Crippen molar-refractivity contribution in [2.75, 3.05) is 20.3 Å². The van der Waals surface area contributed by atoms with Crippen molar-refractivity contribution in [1.29, 1.82) is 0 Å². The second-order valence-corrected chi connectivity index (χ2v) is 7.90. The summed E-state index contributed by atoms with van der Waals surface area (Å²) in [6.45, 7) is 3.83. The summed E-state index contributed by atoms with van der Waals surface area (Å²) < 4.78 is 33.2. The zero-order chi connectivity index (χ0) is 13.9. The highest BCUT2D eigenvalue weighted by molar-refractivity contribution is 7.91. The van der Waals surface area contributed by atoms with Crippen LogP contribution in [0.1, 0.15) is 25.3 Å². The number of ether oxygens (including phenoxy) is 1. The van der Waals surface area contributed by atoms with E-state index in [4.69, 9.17) is 4.74 Å². The third-order valence-corrected chi connectivity index (χ3v) is 6.38. The molecule has 0 radical (unpaired) electrons. The van der Waals surface area contributed by atoms with Crippen LogP contribution in [0.5, 0.6) is 0 Å². The quantitative estimate of drug-likeness (QED) is 0.861. The van der Waals surface area contributed by atoms with Gasteiger partial charge in [0.1, 0.15) is 4.21 Å². The minimum absolute atomic E-state index is 0.380. The molecule has 0 amide bonds. The van der Waals surface area contributed by atoms with E-state index in [2.05, 4.69) is 10.0 Å². The van der Waals surface area contributed by atoms with Gasteiger partial charge in [-0.2, -0.15) is 0 Å². The second-order valence-electron chi connectivity index (χ2n) is 5.08. The summed E-state index contributed by atoms with van der Waals surface area (Å²) in [5, 5.41) is 4.88. The Morgan fingerprint density at radius 3 is 2.74 bits per heavy atom. The van der Waals surface area contributed by atoms with Crippen molar-refractivity contribution in [3.63, 3.8) is 0 Å². The van der Waals surface area contributed by atoms with Crippen LogP contribution >= 0.6 is 11.3 Å². The molecule has 7 heteroatoms. The topological polar surface area (TPSA) is 67.4 Å². The fraction of sp³-hybridized carbons (Fsp3) is 0.667. The Balaban J connectivity index is 2.12. The van der Waals surface area contributed by atoms with Crippen LogP contribution in [0.25, 0.3) is 0 Å². The van der Waals surface area contributed by atoms with Crippen LogP contribution in [-0.2, 0) is 21.3 Å². The summed E-state index contributed by atoms with van der Waals surface area (Å²) in [5.74, 6) is 0. The number of nitrogens with one attached hydrogen (secondary N) is 2. The standard InChI is InChI=1S/C12H20N2O3S2/c1-12(3-5-17-6-4-12)14-19(15,16)11-7-10(8-13-2)9-18-11/h7,9,13-14H,3-6,8H2,1-2H3. The molecule has 0 unspecified atom stereocenters. The van der Waals surface area contributed by atoms with Crippen molar-refractivity contribution < 1.29 is 13.2 Å². The van der Waals surface area contributed by atoms with E-state index in [0.717, 1.165) is 5.56 Å². The normalized spacial score (nSPS) is 19.5. The van der Waals surface area contributed by atoms with E-state index < -0.39 is 15.6 Å². The monoisotopic (exact) mass is 304 g/mol. The molecule has 19 heavy (non-hydrogen) atoms. The maximum Gasteiger partial charge on any atom is 0.250 e. The third-order valence-electron chi connectivity index (χ3n) is 3.25. The summed E-state index contributed by atoms with van der Waals surface area (Å²) in [6, 6.07) is 1.73. The Morgan fingerprint density at radius 2 is 2.11 bits per heavy atom. The van der Waals surface area contributed by atoms with Crippen molar-refractivity contribution >= 4 is 21.4 Å². The average molecular weight is 304 g/mol. The molecule has 0 aliphatic carbocycles. The van der Waals surface area contributed by atoms with E-state index in [9.17, 15) is 8.42 Å². The van der Waals surface area contributed by atoms with Crippen LogP contribution in [0.4, 0.5) is 0 Å².